The number of phenolic OH excluding ortho intramolecular Hbond substituents is 1. The third-order valence-corrected chi connectivity index (χ3v) is 8.38. The Balaban J connectivity index is 1.22. The number of carbonyl (C=O) groups is 3. The predicted octanol–water partition coefficient (Wildman–Crippen LogP) is 4.24. The number of hydrogen-bond acceptors (Lipinski definition) is 8. The van der Waals surface area contributed by atoms with Gasteiger partial charge in [0.15, 0.2) is 12.4 Å². The third-order valence-electron chi connectivity index (χ3n) is 8.38. The van der Waals surface area contributed by atoms with Crippen molar-refractivity contribution in [1.29, 1.82) is 0 Å². The molecule has 7 rings (SSSR count). The van der Waals surface area contributed by atoms with Crippen LogP contribution in [-0.2, 0) is 11.3 Å². The Morgan fingerprint density at radius 1 is 0.958 bits per heavy atom. The van der Waals surface area contributed by atoms with Crippen molar-refractivity contribution in [2.45, 2.75) is 25.1 Å². The molecule has 1 fully saturated rings. The second-order valence-electron chi connectivity index (χ2n) is 11.7. The Morgan fingerprint density at radius 2 is 1.83 bits per heavy atom. The number of nitrogens with one attached hydrogen (secondary N) is 2. The Bertz CT molecular complexity index is 2060. The van der Waals surface area contributed by atoms with Gasteiger partial charge in [-0.1, -0.05) is 24.3 Å². The average molecular weight is 648 g/mol. The number of benzene rings is 3. The van der Waals surface area contributed by atoms with Gasteiger partial charge in [0, 0.05) is 61.7 Å². The molecule has 5 aromatic rings. The van der Waals surface area contributed by atoms with Crippen LogP contribution in [0.1, 0.15) is 32.7 Å². The minimum absolute atomic E-state index is 0.0328. The van der Waals surface area contributed by atoms with Gasteiger partial charge in [-0.3, -0.25) is 24.4 Å². The van der Waals surface area contributed by atoms with Gasteiger partial charge in [-0.15, -0.1) is 0 Å². The van der Waals surface area contributed by atoms with Crippen molar-refractivity contribution in [1.82, 2.24) is 25.5 Å². The lowest BCUT2D eigenvalue weighted by Crippen LogP contribution is -2.58. The zero-order chi connectivity index (χ0) is 33.2. The number of carbonyl (C=O) groups excluding carboxylic acids is 3. The molecular weight excluding hydrogens is 617 g/mol. The number of rotatable bonds is 1. The summed E-state index contributed by atoms with van der Waals surface area (Å²) in [5, 5.41) is 17.4. The van der Waals surface area contributed by atoms with E-state index >= 15 is 0 Å². The monoisotopic (exact) mass is 647 g/mol. The van der Waals surface area contributed by atoms with E-state index in [-0.39, 0.29) is 55.3 Å². The van der Waals surface area contributed by atoms with E-state index in [1.165, 1.54) is 23.2 Å². The van der Waals surface area contributed by atoms with E-state index in [0.717, 1.165) is 5.56 Å². The molecule has 4 heterocycles. The summed E-state index contributed by atoms with van der Waals surface area (Å²) in [5.74, 6) is -1.41. The Labute approximate surface area is 274 Å². The standard InChI is InChI=1S/C36H30FN5O6/c37-26-11-21-12-28(15-26)48-31-8-10-42(36(46)29-7-6-22-4-2-9-39-33(22)34(29)44)19-30(31)41-35(45)25-13-24(17-38-18-25)23-3-1-5-27(14-23)47-20-32(43)40-16-21/h1-7,9,11-15,17-18,30-31,44H,8,10,16,19-20H2,(H,40,43)(H,41,45)/t30-,31+/m1/s1. The summed E-state index contributed by atoms with van der Waals surface area (Å²) in [7, 11) is 0. The summed E-state index contributed by atoms with van der Waals surface area (Å²) in [6.07, 6.45) is 4.22. The van der Waals surface area contributed by atoms with Crippen LogP contribution in [0.25, 0.3) is 22.0 Å². The van der Waals surface area contributed by atoms with Gasteiger partial charge < -0.3 is 30.1 Å². The summed E-state index contributed by atoms with van der Waals surface area (Å²) in [4.78, 5) is 50.1. The Hall–Kier alpha value is -6.04. The molecule has 6 bridgehead atoms. The number of hydrogen-bond donors (Lipinski definition) is 3. The largest absolute Gasteiger partial charge is 0.505 e. The number of fused-ring (bicyclic) bond motifs is 9. The maximum atomic E-state index is 14.7. The molecule has 2 aliphatic rings. The fourth-order valence-corrected chi connectivity index (χ4v) is 5.97. The molecule has 3 N–H and O–H groups in total. The number of piperidine rings is 1. The molecule has 11 nitrogen and oxygen atoms in total. The predicted molar refractivity (Wildman–Crippen MR) is 173 cm³/mol. The fraction of sp³-hybridized carbons (Fsp3) is 0.194. The summed E-state index contributed by atoms with van der Waals surface area (Å²) >= 11 is 0. The quantitative estimate of drug-likeness (QED) is 0.245. The van der Waals surface area contributed by atoms with E-state index in [4.69, 9.17) is 9.47 Å². The molecule has 0 saturated carbocycles. The van der Waals surface area contributed by atoms with Crippen molar-refractivity contribution in [3.8, 4) is 28.4 Å². The van der Waals surface area contributed by atoms with E-state index in [9.17, 15) is 23.9 Å². The van der Waals surface area contributed by atoms with Crippen molar-refractivity contribution in [3.63, 3.8) is 0 Å². The molecule has 0 aliphatic carbocycles. The minimum Gasteiger partial charge on any atom is -0.505 e. The second kappa shape index (κ2) is 13.0. The SMILES string of the molecule is O=C1COc2cccc(c2)-c2cncc(c2)C(=O)N[C@@H]2CN(C(=O)c3ccc4cccnc4c3O)CC[C@@H]2Oc2cc(F)cc(c2)CN1. The first-order chi connectivity index (χ1) is 23.3. The first-order valence-corrected chi connectivity index (χ1v) is 15.4. The molecule has 48 heavy (non-hydrogen) atoms. The van der Waals surface area contributed by atoms with Crippen LogP contribution >= 0.6 is 0 Å². The minimum atomic E-state index is -0.732. The summed E-state index contributed by atoms with van der Waals surface area (Å²) in [5.41, 5.74) is 2.50. The maximum absolute atomic E-state index is 14.7. The van der Waals surface area contributed by atoms with E-state index < -0.39 is 35.7 Å². The van der Waals surface area contributed by atoms with Gasteiger partial charge in [0.25, 0.3) is 17.7 Å². The van der Waals surface area contributed by atoms with Crippen molar-refractivity contribution in [3.05, 3.63) is 114 Å². The number of aromatic hydroxyl groups is 1. The molecule has 0 unspecified atom stereocenters. The number of phenols is 1. The fourth-order valence-electron chi connectivity index (χ4n) is 5.97. The first-order valence-electron chi connectivity index (χ1n) is 15.4. The lowest BCUT2D eigenvalue weighted by molar-refractivity contribution is -0.123. The molecule has 242 valence electrons. The number of nitrogens with zero attached hydrogens (tertiary/aromatic N) is 3. The summed E-state index contributed by atoms with van der Waals surface area (Å²) in [6, 6.07) is 19.0. The maximum Gasteiger partial charge on any atom is 0.258 e. The van der Waals surface area contributed by atoms with Crippen molar-refractivity contribution in [2.75, 3.05) is 19.7 Å². The van der Waals surface area contributed by atoms with Gasteiger partial charge in [0.1, 0.15) is 28.9 Å². The third kappa shape index (κ3) is 6.45. The highest BCUT2D eigenvalue weighted by atomic mass is 19.1. The normalized spacial score (nSPS) is 18.1. The van der Waals surface area contributed by atoms with Crippen molar-refractivity contribution in [2.24, 2.45) is 0 Å². The van der Waals surface area contributed by atoms with Gasteiger partial charge in [-0.25, -0.2) is 4.39 Å². The number of pyridine rings is 2. The Morgan fingerprint density at radius 3 is 2.73 bits per heavy atom. The number of ether oxygens (including phenoxy) is 2. The van der Waals surface area contributed by atoms with Crippen molar-refractivity contribution >= 4 is 28.6 Å². The zero-order valence-electron chi connectivity index (χ0n) is 25.6. The van der Waals surface area contributed by atoms with E-state index in [2.05, 4.69) is 20.6 Å². The number of likely N-dealkylation sites (tertiary alicyclic amines) is 1. The van der Waals surface area contributed by atoms with E-state index in [0.29, 0.717) is 27.8 Å². The van der Waals surface area contributed by atoms with Crippen molar-refractivity contribution < 1.29 is 33.4 Å². The van der Waals surface area contributed by atoms with Crippen LogP contribution in [-0.4, -0.2) is 69.5 Å². The van der Waals surface area contributed by atoms with Gasteiger partial charge in [0.05, 0.1) is 17.2 Å². The molecule has 3 aromatic carbocycles. The smallest absolute Gasteiger partial charge is 0.258 e. The second-order valence-corrected chi connectivity index (χ2v) is 11.7. The molecular formula is C36H30FN5O6. The van der Waals surface area contributed by atoms with Crippen LogP contribution in [0, 0.1) is 5.82 Å². The van der Waals surface area contributed by atoms with E-state index in [1.807, 2.05) is 6.07 Å². The van der Waals surface area contributed by atoms with Crippen LogP contribution in [0.4, 0.5) is 4.39 Å². The van der Waals surface area contributed by atoms with Crippen LogP contribution in [0.3, 0.4) is 0 Å². The number of halogens is 1. The summed E-state index contributed by atoms with van der Waals surface area (Å²) < 4.78 is 26.7. The van der Waals surface area contributed by atoms with Crippen LogP contribution < -0.4 is 20.1 Å². The molecule has 2 aliphatic heterocycles. The average Bonchev–Trinajstić information content (AvgIpc) is 3.10. The molecule has 3 amide bonds. The molecule has 12 heteroatoms. The lowest BCUT2D eigenvalue weighted by Gasteiger charge is -2.39. The highest BCUT2D eigenvalue weighted by molar-refractivity contribution is 6.02. The number of amides is 3. The van der Waals surface area contributed by atoms with Gasteiger partial charge in [-0.05, 0) is 53.6 Å². The van der Waals surface area contributed by atoms with Crippen LogP contribution in [0.15, 0.2) is 91.4 Å². The molecule has 2 atom stereocenters. The van der Waals surface area contributed by atoms with Crippen LogP contribution in [0.2, 0.25) is 0 Å². The summed E-state index contributed by atoms with van der Waals surface area (Å²) in [6.45, 7) is 0.0568. The van der Waals surface area contributed by atoms with E-state index in [1.54, 1.807) is 67.0 Å². The lowest BCUT2D eigenvalue weighted by atomic mass is 9.99. The van der Waals surface area contributed by atoms with Gasteiger partial charge >= 0.3 is 0 Å². The topological polar surface area (TPSA) is 143 Å². The van der Waals surface area contributed by atoms with Crippen LogP contribution in [0.5, 0.6) is 17.2 Å². The molecule has 0 spiro atoms. The number of aromatic nitrogens is 2. The zero-order valence-corrected chi connectivity index (χ0v) is 25.6. The highest BCUT2D eigenvalue weighted by Gasteiger charge is 2.36. The molecule has 2 aromatic heterocycles. The molecule has 0 radical (unpaired) electrons. The highest BCUT2D eigenvalue weighted by Crippen LogP contribution is 2.30. The first kappa shape index (κ1) is 30.6. The van der Waals surface area contributed by atoms with Gasteiger partial charge in [-0.2, -0.15) is 0 Å². The Kier molecular flexibility index (Phi) is 8.28. The molecule has 1 saturated heterocycles. The van der Waals surface area contributed by atoms with Gasteiger partial charge in [0.2, 0.25) is 0 Å².